The minimum absolute atomic E-state index is 0.338. The average Bonchev–Trinajstić information content (AvgIpc) is 3.00. The Morgan fingerprint density at radius 2 is 2.12 bits per heavy atom. The molecule has 2 aromatic rings. The van der Waals surface area contributed by atoms with E-state index in [4.69, 9.17) is 9.47 Å². The maximum Gasteiger partial charge on any atom is 0.410 e. The SMILES string of the molecule is COc1cccc(Cc2nsc(NCCN(C)C(=O)OC(C)(C)C)n2)c1. The standard InChI is InChI=1S/C18H26N4O3S/c1-18(2,3)25-17(23)22(4)10-9-19-16-20-15(21-26-16)12-13-7-6-8-14(11-13)24-5/h6-8,11H,9-10,12H2,1-5H3,(H,19,20,21). The molecule has 1 heterocycles. The van der Waals surface area contributed by atoms with E-state index < -0.39 is 5.60 Å². The molecule has 0 fully saturated rings. The molecule has 1 aromatic heterocycles. The van der Waals surface area contributed by atoms with Crippen molar-refractivity contribution in [3.05, 3.63) is 35.7 Å². The zero-order valence-electron chi connectivity index (χ0n) is 15.9. The van der Waals surface area contributed by atoms with Gasteiger partial charge in [-0.3, -0.25) is 0 Å². The summed E-state index contributed by atoms with van der Waals surface area (Å²) in [4.78, 5) is 17.9. The van der Waals surface area contributed by atoms with Crippen LogP contribution in [0.4, 0.5) is 9.93 Å². The number of carbonyl (C=O) groups is 1. The van der Waals surface area contributed by atoms with Crippen molar-refractivity contribution < 1.29 is 14.3 Å². The number of hydrogen-bond donors (Lipinski definition) is 1. The first kappa shape index (κ1) is 20.0. The molecule has 0 unspecified atom stereocenters. The number of aromatic nitrogens is 2. The first-order chi connectivity index (χ1) is 12.3. The van der Waals surface area contributed by atoms with Gasteiger partial charge in [0.25, 0.3) is 0 Å². The summed E-state index contributed by atoms with van der Waals surface area (Å²) in [5.41, 5.74) is 0.603. The molecule has 0 spiro atoms. The van der Waals surface area contributed by atoms with Gasteiger partial charge in [-0.2, -0.15) is 4.37 Å². The Morgan fingerprint density at radius 1 is 1.35 bits per heavy atom. The van der Waals surface area contributed by atoms with Crippen molar-refractivity contribution in [2.24, 2.45) is 0 Å². The van der Waals surface area contributed by atoms with Crippen LogP contribution in [-0.2, 0) is 11.2 Å². The van der Waals surface area contributed by atoms with E-state index in [1.165, 1.54) is 16.4 Å². The molecular formula is C18H26N4O3S. The monoisotopic (exact) mass is 378 g/mol. The molecule has 142 valence electrons. The van der Waals surface area contributed by atoms with Gasteiger partial charge >= 0.3 is 6.09 Å². The smallest absolute Gasteiger partial charge is 0.410 e. The minimum atomic E-state index is -0.493. The number of methoxy groups -OCH3 is 1. The summed E-state index contributed by atoms with van der Waals surface area (Å²) in [6.45, 7) is 6.63. The van der Waals surface area contributed by atoms with Crippen molar-refractivity contribution in [1.29, 1.82) is 0 Å². The maximum absolute atomic E-state index is 11.9. The van der Waals surface area contributed by atoms with E-state index in [0.717, 1.165) is 22.3 Å². The highest BCUT2D eigenvalue weighted by atomic mass is 32.1. The van der Waals surface area contributed by atoms with Gasteiger partial charge in [-0.1, -0.05) is 12.1 Å². The average molecular weight is 378 g/mol. The van der Waals surface area contributed by atoms with Gasteiger partial charge in [-0.25, -0.2) is 9.78 Å². The van der Waals surface area contributed by atoms with Crippen LogP contribution < -0.4 is 10.1 Å². The molecule has 0 aliphatic carbocycles. The van der Waals surface area contributed by atoms with E-state index >= 15 is 0 Å². The van der Waals surface area contributed by atoms with Crippen LogP contribution in [0, 0.1) is 0 Å². The number of ether oxygens (including phenoxy) is 2. The van der Waals surface area contributed by atoms with Crippen molar-refractivity contribution in [3.63, 3.8) is 0 Å². The lowest BCUT2D eigenvalue weighted by Gasteiger charge is -2.24. The predicted octanol–water partition coefficient (Wildman–Crippen LogP) is 3.42. The largest absolute Gasteiger partial charge is 0.497 e. The number of benzene rings is 1. The topological polar surface area (TPSA) is 76.6 Å². The molecule has 0 saturated carbocycles. The van der Waals surface area contributed by atoms with Crippen LogP contribution in [0.2, 0.25) is 0 Å². The van der Waals surface area contributed by atoms with Gasteiger partial charge in [0, 0.05) is 38.1 Å². The van der Waals surface area contributed by atoms with Gasteiger partial charge in [-0.05, 0) is 38.5 Å². The van der Waals surface area contributed by atoms with Gasteiger partial charge in [0.15, 0.2) is 0 Å². The number of nitrogens with zero attached hydrogens (tertiary/aromatic N) is 3. The Labute approximate surface area is 158 Å². The molecule has 26 heavy (non-hydrogen) atoms. The first-order valence-corrected chi connectivity index (χ1v) is 9.17. The molecule has 8 heteroatoms. The van der Waals surface area contributed by atoms with Crippen LogP contribution in [0.25, 0.3) is 0 Å². The maximum atomic E-state index is 11.9. The lowest BCUT2D eigenvalue weighted by atomic mass is 10.1. The number of amides is 1. The van der Waals surface area contributed by atoms with Gasteiger partial charge in [0.1, 0.15) is 17.2 Å². The Morgan fingerprint density at radius 3 is 2.81 bits per heavy atom. The molecule has 0 aliphatic heterocycles. The van der Waals surface area contributed by atoms with Crippen LogP contribution in [0.15, 0.2) is 24.3 Å². The Bertz CT molecular complexity index is 727. The predicted molar refractivity (Wildman–Crippen MR) is 103 cm³/mol. The molecule has 1 amide bonds. The van der Waals surface area contributed by atoms with E-state index in [1.54, 1.807) is 14.2 Å². The molecule has 1 aromatic carbocycles. The van der Waals surface area contributed by atoms with Crippen molar-refractivity contribution in [2.75, 3.05) is 32.6 Å². The van der Waals surface area contributed by atoms with E-state index in [9.17, 15) is 4.79 Å². The quantitative estimate of drug-likeness (QED) is 0.796. The van der Waals surface area contributed by atoms with Crippen molar-refractivity contribution in [2.45, 2.75) is 32.8 Å². The first-order valence-electron chi connectivity index (χ1n) is 8.40. The molecule has 0 bridgehead atoms. The minimum Gasteiger partial charge on any atom is -0.497 e. The van der Waals surface area contributed by atoms with E-state index in [2.05, 4.69) is 14.7 Å². The van der Waals surface area contributed by atoms with Gasteiger partial charge in [0.05, 0.1) is 7.11 Å². The summed E-state index contributed by atoms with van der Waals surface area (Å²) in [6, 6.07) is 7.86. The highest BCUT2D eigenvalue weighted by molar-refractivity contribution is 7.09. The lowest BCUT2D eigenvalue weighted by molar-refractivity contribution is 0.0305. The van der Waals surface area contributed by atoms with E-state index in [-0.39, 0.29) is 6.09 Å². The molecule has 0 radical (unpaired) electrons. The summed E-state index contributed by atoms with van der Waals surface area (Å²) >= 11 is 1.31. The summed E-state index contributed by atoms with van der Waals surface area (Å²) in [5.74, 6) is 1.58. The summed E-state index contributed by atoms with van der Waals surface area (Å²) in [5, 5.41) is 3.93. The number of anilines is 1. The van der Waals surface area contributed by atoms with Gasteiger partial charge in [0.2, 0.25) is 5.13 Å². The fraction of sp³-hybridized carbons (Fsp3) is 0.500. The zero-order chi connectivity index (χ0) is 19.2. The molecule has 0 aliphatic rings. The van der Waals surface area contributed by atoms with Crippen LogP contribution >= 0.6 is 11.5 Å². The highest BCUT2D eigenvalue weighted by Gasteiger charge is 2.19. The molecule has 0 saturated heterocycles. The van der Waals surface area contributed by atoms with Crippen molar-refractivity contribution in [3.8, 4) is 5.75 Å². The van der Waals surface area contributed by atoms with Crippen LogP contribution in [-0.4, -0.2) is 53.2 Å². The number of hydrogen-bond acceptors (Lipinski definition) is 7. The van der Waals surface area contributed by atoms with E-state index in [0.29, 0.717) is 19.5 Å². The Kier molecular flexibility index (Phi) is 6.79. The summed E-state index contributed by atoms with van der Waals surface area (Å²) in [7, 11) is 3.36. The fourth-order valence-corrected chi connectivity index (χ4v) is 2.73. The molecule has 7 nitrogen and oxygen atoms in total. The summed E-state index contributed by atoms with van der Waals surface area (Å²) < 4.78 is 14.9. The van der Waals surface area contributed by atoms with Crippen LogP contribution in [0.3, 0.4) is 0 Å². The van der Waals surface area contributed by atoms with Gasteiger partial charge in [-0.15, -0.1) is 0 Å². The number of rotatable bonds is 7. The molecule has 1 N–H and O–H groups in total. The second kappa shape index (κ2) is 8.84. The third kappa shape index (κ3) is 6.51. The number of nitrogens with one attached hydrogen (secondary N) is 1. The van der Waals surface area contributed by atoms with Crippen LogP contribution in [0.1, 0.15) is 32.2 Å². The van der Waals surface area contributed by atoms with Gasteiger partial charge < -0.3 is 19.7 Å². The number of carbonyl (C=O) groups excluding carboxylic acids is 1. The Balaban J connectivity index is 1.80. The third-order valence-corrected chi connectivity index (χ3v) is 4.10. The lowest BCUT2D eigenvalue weighted by Crippen LogP contribution is -2.36. The van der Waals surface area contributed by atoms with Crippen molar-refractivity contribution in [1.82, 2.24) is 14.3 Å². The molecule has 0 atom stereocenters. The number of likely N-dealkylation sites (N-methyl/N-ethyl adjacent to an activating group) is 1. The van der Waals surface area contributed by atoms with Crippen LogP contribution in [0.5, 0.6) is 5.75 Å². The molecule has 2 rings (SSSR count). The van der Waals surface area contributed by atoms with E-state index in [1.807, 2.05) is 45.0 Å². The third-order valence-electron chi connectivity index (χ3n) is 3.39. The second-order valence-corrected chi connectivity index (χ2v) is 7.62. The highest BCUT2D eigenvalue weighted by Crippen LogP contribution is 2.17. The normalized spacial score (nSPS) is 11.1. The van der Waals surface area contributed by atoms with Crippen molar-refractivity contribution >= 4 is 22.8 Å². The molecular weight excluding hydrogens is 352 g/mol. The fourth-order valence-electron chi connectivity index (χ4n) is 2.12. The second-order valence-electron chi connectivity index (χ2n) is 6.87. The summed E-state index contributed by atoms with van der Waals surface area (Å²) in [6.07, 6.45) is 0.308. The zero-order valence-corrected chi connectivity index (χ0v) is 16.7. The Hall–Kier alpha value is -2.35.